The third-order valence-corrected chi connectivity index (χ3v) is 1.11. The molecule has 0 bridgehead atoms. The highest BCUT2D eigenvalue weighted by Crippen LogP contribution is 1.83. The van der Waals surface area contributed by atoms with E-state index in [0.29, 0.717) is 0 Å². The van der Waals surface area contributed by atoms with Crippen molar-refractivity contribution in [2.75, 3.05) is 26.9 Å². The molecule has 0 heterocycles. The minimum atomic E-state index is 0.844. The third-order valence-electron chi connectivity index (χ3n) is 1.11. The fraction of sp³-hybridized carbons (Fsp3) is 1.00. The first-order chi connectivity index (χ1) is 5.33. The quantitative estimate of drug-likeness (QED) is 0.578. The molecule has 0 aliphatic heterocycles. The highest BCUT2D eigenvalue weighted by molar-refractivity contribution is 4.26. The highest BCUT2D eigenvalue weighted by atomic mass is 16.5. The highest BCUT2D eigenvalue weighted by Gasteiger charge is 1.74. The van der Waals surface area contributed by atoms with Crippen molar-refractivity contribution in [3.8, 4) is 0 Å². The summed E-state index contributed by atoms with van der Waals surface area (Å²) in [6.07, 6.45) is 2.42. The molecule has 0 aliphatic carbocycles. The second-order valence-electron chi connectivity index (χ2n) is 2.13. The average Bonchev–Trinajstić information content (AvgIpc) is 2.04. The summed E-state index contributed by atoms with van der Waals surface area (Å²) in [5.74, 6) is 0. The first-order valence-electron chi connectivity index (χ1n) is 4.40. The van der Waals surface area contributed by atoms with Crippen LogP contribution in [-0.2, 0) is 9.47 Å². The molecule has 11 heavy (non-hydrogen) atoms. The Morgan fingerprint density at radius 2 is 1.55 bits per heavy atom. The van der Waals surface area contributed by atoms with Crippen molar-refractivity contribution in [3.05, 3.63) is 0 Å². The van der Waals surface area contributed by atoms with Crippen LogP contribution >= 0.6 is 0 Å². The Bertz CT molecular complexity index is 40.8. The number of methoxy groups -OCH3 is 1. The largest absolute Gasteiger partial charge is 0.385 e. The lowest BCUT2D eigenvalue weighted by atomic mass is 10.4. The molecular weight excluding hydrogens is 140 g/mol. The molecule has 0 aromatic rings. The molecule has 0 radical (unpaired) electrons. The van der Waals surface area contributed by atoms with Crippen molar-refractivity contribution in [1.29, 1.82) is 0 Å². The molecule has 0 fully saturated rings. The Labute approximate surface area is 70.9 Å². The van der Waals surface area contributed by atoms with E-state index in [9.17, 15) is 0 Å². The average molecular weight is 162 g/mol. The van der Waals surface area contributed by atoms with Crippen molar-refractivity contribution in [2.24, 2.45) is 0 Å². The van der Waals surface area contributed by atoms with Crippen LogP contribution in [0.1, 0.15) is 33.6 Å². The molecule has 0 rings (SSSR count). The summed E-state index contributed by atoms with van der Waals surface area (Å²) in [5, 5.41) is 0. The van der Waals surface area contributed by atoms with Gasteiger partial charge in [0, 0.05) is 26.9 Å². The van der Waals surface area contributed by atoms with Crippen molar-refractivity contribution >= 4 is 0 Å². The number of hydrogen-bond donors (Lipinski definition) is 0. The van der Waals surface area contributed by atoms with E-state index in [-0.39, 0.29) is 0 Å². The smallest absolute Gasteiger partial charge is 0.0462 e. The fourth-order valence-electron chi connectivity index (χ4n) is 0.493. The van der Waals surface area contributed by atoms with Crippen LogP contribution in [0.25, 0.3) is 0 Å². The number of rotatable bonds is 5. The van der Waals surface area contributed by atoms with Crippen LogP contribution in [0.3, 0.4) is 0 Å². The molecule has 2 heteroatoms. The van der Waals surface area contributed by atoms with Crippen LogP contribution in [0.4, 0.5) is 0 Å². The van der Waals surface area contributed by atoms with Gasteiger partial charge in [-0.05, 0) is 20.3 Å². The summed E-state index contributed by atoms with van der Waals surface area (Å²) >= 11 is 0. The molecule has 2 nitrogen and oxygen atoms in total. The maximum absolute atomic E-state index is 4.83. The van der Waals surface area contributed by atoms with E-state index >= 15 is 0 Å². The van der Waals surface area contributed by atoms with Crippen molar-refractivity contribution < 1.29 is 9.47 Å². The van der Waals surface area contributed by atoms with Gasteiger partial charge in [-0.3, -0.25) is 0 Å². The van der Waals surface area contributed by atoms with E-state index in [2.05, 4.69) is 6.92 Å². The van der Waals surface area contributed by atoms with E-state index in [1.165, 1.54) is 12.8 Å². The van der Waals surface area contributed by atoms with Crippen LogP contribution < -0.4 is 0 Å². The van der Waals surface area contributed by atoms with Gasteiger partial charge in [-0.15, -0.1) is 0 Å². The summed E-state index contributed by atoms with van der Waals surface area (Å²) in [5.41, 5.74) is 0. The van der Waals surface area contributed by atoms with Crippen LogP contribution in [0.2, 0.25) is 0 Å². The monoisotopic (exact) mass is 162 g/mol. The lowest BCUT2D eigenvalue weighted by molar-refractivity contribution is 0.162. The molecule has 0 aliphatic rings. The van der Waals surface area contributed by atoms with E-state index in [4.69, 9.17) is 9.47 Å². The molecule has 0 N–H and O–H groups in total. The van der Waals surface area contributed by atoms with Crippen LogP contribution in [0, 0.1) is 0 Å². The number of hydrogen-bond acceptors (Lipinski definition) is 2. The minimum absolute atomic E-state index is 0.844. The third kappa shape index (κ3) is 25.7. The van der Waals surface area contributed by atoms with E-state index < -0.39 is 0 Å². The van der Waals surface area contributed by atoms with E-state index in [0.717, 1.165) is 19.8 Å². The zero-order chi connectivity index (χ0) is 8.95. The Morgan fingerprint density at radius 1 is 1.00 bits per heavy atom. The van der Waals surface area contributed by atoms with Crippen LogP contribution in [0.5, 0.6) is 0 Å². The standard InChI is InChI=1S/C5H12O.C4H10O/c1-3-4-5-6-2;1-3-5-4-2/h3-5H2,1-2H3;3-4H2,1-2H3. The van der Waals surface area contributed by atoms with Gasteiger partial charge >= 0.3 is 0 Å². The van der Waals surface area contributed by atoms with Gasteiger partial charge < -0.3 is 9.47 Å². The van der Waals surface area contributed by atoms with Crippen molar-refractivity contribution in [1.82, 2.24) is 0 Å². The lowest BCUT2D eigenvalue weighted by Gasteiger charge is -1.89. The SMILES string of the molecule is CCCCOC.CCOCC. The molecule has 0 saturated heterocycles. The molecule has 0 aromatic carbocycles. The summed E-state index contributed by atoms with van der Waals surface area (Å²) < 4.78 is 9.62. The van der Waals surface area contributed by atoms with Crippen LogP contribution in [0.15, 0.2) is 0 Å². The van der Waals surface area contributed by atoms with Gasteiger partial charge in [-0.2, -0.15) is 0 Å². The molecule has 0 unspecified atom stereocenters. The van der Waals surface area contributed by atoms with Crippen molar-refractivity contribution in [2.45, 2.75) is 33.6 Å². The number of unbranched alkanes of at least 4 members (excludes halogenated alkanes) is 1. The van der Waals surface area contributed by atoms with E-state index in [1.54, 1.807) is 7.11 Å². The maximum atomic E-state index is 4.83. The molecule has 0 aromatic heterocycles. The summed E-state index contributed by atoms with van der Waals surface area (Å²) in [6.45, 7) is 8.73. The first-order valence-corrected chi connectivity index (χ1v) is 4.40. The van der Waals surface area contributed by atoms with E-state index in [1.807, 2.05) is 13.8 Å². The Morgan fingerprint density at radius 3 is 1.64 bits per heavy atom. The summed E-state index contributed by atoms with van der Waals surface area (Å²) in [7, 11) is 1.73. The Kier molecular flexibility index (Phi) is 20.2. The molecule has 0 saturated carbocycles. The van der Waals surface area contributed by atoms with Gasteiger partial charge in [0.15, 0.2) is 0 Å². The fourth-order valence-corrected chi connectivity index (χ4v) is 0.493. The van der Waals surface area contributed by atoms with Gasteiger partial charge in [-0.25, -0.2) is 0 Å². The predicted molar refractivity (Wildman–Crippen MR) is 49.0 cm³/mol. The molecule has 0 atom stereocenters. The van der Waals surface area contributed by atoms with Gasteiger partial charge in [0.1, 0.15) is 0 Å². The van der Waals surface area contributed by atoms with Gasteiger partial charge in [-0.1, -0.05) is 13.3 Å². The normalized spacial score (nSPS) is 8.73. The molecule has 70 valence electrons. The number of ether oxygens (including phenoxy) is 2. The Balaban J connectivity index is 0. The first kappa shape index (κ1) is 13.5. The lowest BCUT2D eigenvalue weighted by Crippen LogP contribution is -1.84. The Hall–Kier alpha value is -0.0800. The zero-order valence-corrected chi connectivity index (χ0v) is 8.35. The van der Waals surface area contributed by atoms with Gasteiger partial charge in [0.25, 0.3) is 0 Å². The van der Waals surface area contributed by atoms with Gasteiger partial charge in [0.2, 0.25) is 0 Å². The zero-order valence-electron chi connectivity index (χ0n) is 8.35. The molecular formula is C9H22O2. The van der Waals surface area contributed by atoms with Gasteiger partial charge in [0.05, 0.1) is 0 Å². The second-order valence-corrected chi connectivity index (χ2v) is 2.13. The second kappa shape index (κ2) is 16.5. The summed E-state index contributed by atoms with van der Waals surface area (Å²) in [6, 6.07) is 0. The van der Waals surface area contributed by atoms with Crippen LogP contribution in [-0.4, -0.2) is 26.9 Å². The summed E-state index contributed by atoms with van der Waals surface area (Å²) in [4.78, 5) is 0. The maximum Gasteiger partial charge on any atom is 0.0462 e. The molecule has 0 spiro atoms. The minimum Gasteiger partial charge on any atom is -0.385 e. The predicted octanol–water partition coefficient (Wildman–Crippen LogP) is 2.48. The molecule has 0 amide bonds. The topological polar surface area (TPSA) is 18.5 Å². The van der Waals surface area contributed by atoms with Crippen molar-refractivity contribution in [3.63, 3.8) is 0 Å².